The van der Waals surface area contributed by atoms with Gasteiger partial charge >= 0.3 is 5.97 Å². The topological polar surface area (TPSA) is 77.8 Å². The van der Waals surface area contributed by atoms with Crippen LogP contribution in [0.1, 0.15) is 19.3 Å². The van der Waals surface area contributed by atoms with E-state index in [1.807, 2.05) is 0 Å². The summed E-state index contributed by atoms with van der Waals surface area (Å²) in [5, 5.41) is 18.3. The average Bonchev–Trinajstić information content (AvgIpc) is 2.59. The third kappa shape index (κ3) is 0.706. The number of hydrogen-bond acceptors (Lipinski definition) is 3. The van der Waals surface area contributed by atoms with Crippen molar-refractivity contribution in [2.75, 3.05) is 0 Å². The number of carbonyl (C=O) groups is 2. The van der Waals surface area contributed by atoms with Crippen LogP contribution in [0.5, 0.6) is 0 Å². The summed E-state index contributed by atoms with van der Waals surface area (Å²) in [5.41, 5.74) is -0.278. The highest BCUT2D eigenvalue weighted by molar-refractivity contribution is 5.91. The Bertz CT molecular complexity index is 342. The van der Waals surface area contributed by atoms with Crippen LogP contribution in [-0.2, 0) is 9.59 Å². The van der Waals surface area contributed by atoms with Crippen LogP contribution in [0.25, 0.3) is 0 Å². The first kappa shape index (κ1) is 8.23. The largest absolute Gasteiger partial charge is 0.480 e. The molecule has 1 amide bonds. The third-order valence-corrected chi connectivity index (χ3v) is 3.85. The molecule has 14 heavy (non-hydrogen) atoms. The van der Waals surface area contributed by atoms with Crippen LogP contribution < -0.4 is 0 Å². The molecule has 2 saturated heterocycles. The van der Waals surface area contributed by atoms with Crippen molar-refractivity contribution in [2.45, 2.75) is 36.9 Å². The van der Waals surface area contributed by atoms with E-state index < -0.39 is 24.0 Å². The number of aliphatic carboxylic acids is 1. The van der Waals surface area contributed by atoms with E-state index >= 15 is 0 Å². The highest BCUT2D eigenvalue weighted by atomic mass is 16.4. The number of nitrogens with zero attached hydrogens (tertiary/aromatic N) is 1. The lowest BCUT2D eigenvalue weighted by molar-refractivity contribution is -0.150. The Labute approximate surface area is 80.3 Å². The molecule has 3 rings (SSSR count). The Morgan fingerprint density at radius 3 is 2.86 bits per heavy atom. The highest BCUT2D eigenvalue weighted by Crippen LogP contribution is 2.63. The van der Waals surface area contributed by atoms with E-state index in [9.17, 15) is 14.7 Å². The Morgan fingerprint density at radius 2 is 2.21 bits per heavy atom. The van der Waals surface area contributed by atoms with Gasteiger partial charge in [-0.25, -0.2) is 4.79 Å². The number of piperidine rings is 1. The van der Waals surface area contributed by atoms with E-state index in [0.717, 1.165) is 6.42 Å². The van der Waals surface area contributed by atoms with Crippen molar-refractivity contribution in [2.24, 2.45) is 5.92 Å². The first-order valence-corrected chi connectivity index (χ1v) is 4.80. The molecule has 1 aliphatic carbocycles. The molecule has 4 atom stereocenters. The summed E-state index contributed by atoms with van der Waals surface area (Å²) in [7, 11) is 0. The molecule has 2 N–H and O–H groups in total. The fourth-order valence-corrected chi connectivity index (χ4v) is 3.17. The van der Waals surface area contributed by atoms with Crippen LogP contribution in [0.4, 0.5) is 0 Å². The van der Waals surface area contributed by atoms with Gasteiger partial charge in [0.25, 0.3) is 5.91 Å². The van der Waals surface area contributed by atoms with E-state index in [4.69, 9.17) is 5.11 Å². The number of hydrogen-bond donors (Lipinski definition) is 2. The number of rotatable bonds is 1. The zero-order chi connectivity index (χ0) is 10.1. The van der Waals surface area contributed by atoms with Gasteiger partial charge in [-0.15, -0.1) is 0 Å². The van der Waals surface area contributed by atoms with Crippen LogP contribution in [0.3, 0.4) is 0 Å². The predicted molar refractivity (Wildman–Crippen MR) is 44.3 cm³/mol. The fourth-order valence-electron chi connectivity index (χ4n) is 3.17. The molecule has 2 aliphatic heterocycles. The summed E-state index contributed by atoms with van der Waals surface area (Å²) in [6.45, 7) is 0. The van der Waals surface area contributed by atoms with Gasteiger partial charge in [-0.2, -0.15) is 0 Å². The molecule has 5 heteroatoms. The van der Waals surface area contributed by atoms with Crippen molar-refractivity contribution >= 4 is 11.9 Å². The molecule has 0 unspecified atom stereocenters. The third-order valence-electron chi connectivity index (χ3n) is 3.85. The van der Waals surface area contributed by atoms with Gasteiger partial charge in [0.1, 0.15) is 12.1 Å². The van der Waals surface area contributed by atoms with Crippen molar-refractivity contribution in [1.82, 2.24) is 4.90 Å². The molecule has 0 bridgehead atoms. The second-order valence-electron chi connectivity index (χ2n) is 4.52. The lowest BCUT2D eigenvalue weighted by Gasteiger charge is -2.24. The molecular weight excluding hydrogens is 186 g/mol. The van der Waals surface area contributed by atoms with E-state index in [1.54, 1.807) is 0 Å². The highest BCUT2D eigenvalue weighted by Gasteiger charge is 2.72. The number of carbonyl (C=O) groups excluding carboxylic acids is 1. The van der Waals surface area contributed by atoms with Crippen molar-refractivity contribution in [3.8, 4) is 0 Å². The van der Waals surface area contributed by atoms with Crippen LogP contribution in [-0.4, -0.2) is 44.7 Å². The number of carboxylic acid groups (broad SMARTS) is 1. The predicted octanol–water partition coefficient (Wildman–Crippen LogP) is -0.805. The maximum absolute atomic E-state index is 11.5. The molecule has 5 nitrogen and oxygen atoms in total. The number of aliphatic hydroxyl groups excluding tert-OH is 1. The zero-order valence-electron chi connectivity index (χ0n) is 7.51. The Hall–Kier alpha value is -1.10. The molecule has 3 aliphatic rings. The van der Waals surface area contributed by atoms with Crippen molar-refractivity contribution in [1.29, 1.82) is 0 Å². The molecular formula is C9H11NO4. The zero-order valence-corrected chi connectivity index (χ0v) is 7.51. The summed E-state index contributed by atoms with van der Waals surface area (Å²) >= 11 is 0. The van der Waals surface area contributed by atoms with Crippen molar-refractivity contribution in [3.05, 3.63) is 0 Å². The van der Waals surface area contributed by atoms with Gasteiger partial charge in [-0.1, -0.05) is 0 Å². The second-order valence-corrected chi connectivity index (χ2v) is 4.52. The second kappa shape index (κ2) is 2.11. The summed E-state index contributed by atoms with van der Waals surface area (Å²) in [5.74, 6) is -1.03. The summed E-state index contributed by atoms with van der Waals surface area (Å²) in [6, 6.07) is -0.696. The molecule has 2 heterocycles. The molecule has 0 aromatic rings. The molecule has 0 radical (unpaired) electrons. The molecule has 1 spiro atoms. The summed E-state index contributed by atoms with van der Waals surface area (Å²) in [4.78, 5) is 23.9. The van der Waals surface area contributed by atoms with Crippen molar-refractivity contribution < 1.29 is 19.8 Å². The maximum atomic E-state index is 11.5. The Morgan fingerprint density at radius 1 is 1.50 bits per heavy atom. The molecule has 1 saturated carbocycles. The monoisotopic (exact) mass is 197 g/mol. The first-order chi connectivity index (χ1) is 6.56. The number of carboxylic acids is 1. The van der Waals surface area contributed by atoms with Crippen LogP contribution >= 0.6 is 0 Å². The van der Waals surface area contributed by atoms with Crippen LogP contribution in [0, 0.1) is 5.92 Å². The minimum Gasteiger partial charge on any atom is -0.480 e. The molecule has 76 valence electrons. The minimum absolute atomic E-state index is 0.278. The quantitative estimate of drug-likeness (QED) is 0.576. The smallest absolute Gasteiger partial charge is 0.326 e. The van der Waals surface area contributed by atoms with E-state index in [1.165, 1.54) is 4.90 Å². The van der Waals surface area contributed by atoms with E-state index in [2.05, 4.69) is 0 Å². The van der Waals surface area contributed by atoms with Crippen molar-refractivity contribution in [3.63, 3.8) is 0 Å². The summed E-state index contributed by atoms with van der Waals surface area (Å²) < 4.78 is 0. The number of aliphatic hydroxyl groups is 1. The van der Waals surface area contributed by atoms with Gasteiger partial charge < -0.3 is 15.1 Å². The van der Waals surface area contributed by atoms with Gasteiger partial charge in [0.15, 0.2) is 0 Å². The maximum Gasteiger partial charge on any atom is 0.326 e. The van der Waals surface area contributed by atoms with E-state index in [0.29, 0.717) is 18.8 Å². The van der Waals surface area contributed by atoms with Gasteiger partial charge in [-0.3, -0.25) is 4.79 Å². The minimum atomic E-state index is -0.970. The SMILES string of the molecule is O=C(O)[C@H]1C[C@@H]2C[C@]23C[C@@H](O)C(=O)N13. The van der Waals surface area contributed by atoms with Crippen LogP contribution in [0.15, 0.2) is 0 Å². The average molecular weight is 197 g/mol. The Kier molecular flexibility index (Phi) is 1.24. The first-order valence-electron chi connectivity index (χ1n) is 4.80. The molecule has 0 aromatic heterocycles. The van der Waals surface area contributed by atoms with Gasteiger partial charge in [0, 0.05) is 6.42 Å². The van der Waals surface area contributed by atoms with E-state index in [-0.39, 0.29) is 5.54 Å². The lowest BCUT2D eigenvalue weighted by atomic mass is 10.1. The fraction of sp³-hybridized carbons (Fsp3) is 0.778. The summed E-state index contributed by atoms with van der Waals surface area (Å²) in [6.07, 6.45) is 0.898. The standard InChI is InChI=1S/C9H11NO4/c11-6-3-9-2-4(9)1-5(8(13)14)10(9)7(6)12/h4-6,11H,1-3H2,(H,13,14)/t4-,5-,6-,9+/m1/s1. The molecule has 3 fully saturated rings. The van der Waals surface area contributed by atoms with Gasteiger partial charge in [0.05, 0.1) is 5.54 Å². The van der Waals surface area contributed by atoms with Crippen LogP contribution in [0.2, 0.25) is 0 Å². The lowest BCUT2D eigenvalue weighted by Crippen LogP contribution is -2.44. The van der Waals surface area contributed by atoms with Gasteiger partial charge in [0.2, 0.25) is 0 Å². The molecule has 0 aromatic carbocycles. The Balaban J connectivity index is 1.98. The van der Waals surface area contributed by atoms with Gasteiger partial charge in [-0.05, 0) is 18.8 Å². The normalized spacial score (nSPS) is 49.1. The number of amides is 1.